The van der Waals surface area contributed by atoms with Crippen molar-refractivity contribution in [3.05, 3.63) is 46.1 Å². The number of allylic oxidation sites excluding steroid dienone is 4. The Morgan fingerprint density at radius 1 is 1.21 bits per heavy atom. The number of nitrogens with zero attached hydrogens (tertiary/aromatic N) is 3. The van der Waals surface area contributed by atoms with Crippen LogP contribution < -0.4 is 0 Å². The van der Waals surface area contributed by atoms with Crippen LogP contribution in [0.3, 0.4) is 0 Å². The first-order valence-corrected chi connectivity index (χ1v) is 9.05. The summed E-state index contributed by atoms with van der Waals surface area (Å²) in [6.45, 7) is 6.35. The van der Waals surface area contributed by atoms with E-state index in [0.717, 1.165) is 61.2 Å². The smallest absolute Gasteiger partial charge is 0.161 e. The van der Waals surface area contributed by atoms with E-state index in [0.29, 0.717) is 11.8 Å². The molecule has 4 heteroatoms. The fourth-order valence-corrected chi connectivity index (χ4v) is 4.35. The molecule has 2 aromatic rings. The quantitative estimate of drug-likeness (QED) is 0.858. The van der Waals surface area contributed by atoms with Gasteiger partial charge in [0.1, 0.15) is 11.3 Å². The van der Waals surface area contributed by atoms with Gasteiger partial charge < -0.3 is 9.67 Å². The van der Waals surface area contributed by atoms with Crippen molar-refractivity contribution in [3.63, 3.8) is 0 Å². The zero-order valence-electron chi connectivity index (χ0n) is 14.8. The maximum Gasteiger partial charge on any atom is 0.161 e. The maximum absolute atomic E-state index is 9.91. The molecule has 1 atom stereocenters. The van der Waals surface area contributed by atoms with Crippen LogP contribution >= 0.6 is 0 Å². The summed E-state index contributed by atoms with van der Waals surface area (Å²) in [6.07, 6.45) is 8.00. The fraction of sp³-hybridized carbons (Fsp3) is 0.500. The second kappa shape index (κ2) is 5.76. The minimum absolute atomic E-state index is 0.340. The number of hydrogen-bond acceptors (Lipinski definition) is 3. The maximum atomic E-state index is 9.91. The van der Waals surface area contributed by atoms with Gasteiger partial charge in [-0.25, -0.2) is 9.97 Å². The molecular weight excluding hydrogens is 298 g/mol. The van der Waals surface area contributed by atoms with Crippen LogP contribution in [-0.2, 0) is 6.42 Å². The molecule has 2 heterocycles. The van der Waals surface area contributed by atoms with Crippen LogP contribution in [-0.4, -0.2) is 19.6 Å². The first-order valence-electron chi connectivity index (χ1n) is 9.05. The number of aliphatic hydroxyl groups is 1. The average Bonchev–Trinajstić information content (AvgIpc) is 2.92. The molecule has 4 nitrogen and oxygen atoms in total. The van der Waals surface area contributed by atoms with Gasteiger partial charge in [-0.3, -0.25) is 0 Å². The van der Waals surface area contributed by atoms with Crippen molar-refractivity contribution in [2.24, 2.45) is 0 Å². The molecule has 1 unspecified atom stereocenters. The van der Waals surface area contributed by atoms with Crippen molar-refractivity contribution in [2.75, 3.05) is 0 Å². The molecule has 0 spiro atoms. The topological polar surface area (TPSA) is 50.9 Å². The third-order valence-electron chi connectivity index (χ3n) is 5.40. The Kier molecular flexibility index (Phi) is 3.70. The SMILES string of the molecule is CCc1nc2c(C)cc(C)nc2n1C1CCCC2=C1CCC(O)=C2. The Hall–Kier alpha value is -2.10. The molecule has 24 heavy (non-hydrogen) atoms. The van der Waals surface area contributed by atoms with Gasteiger partial charge in [-0.05, 0) is 68.4 Å². The van der Waals surface area contributed by atoms with Gasteiger partial charge in [0.25, 0.3) is 0 Å². The molecule has 0 fully saturated rings. The molecule has 2 aliphatic carbocycles. The monoisotopic (exact) mass is 323 g/mol. The average molecular weight is 323 g/mol. The van der Waals surface area contributed by atoms with Crippen LogP contribution in [0.4, 0.5) is 0 Å². The summed E-state index contributed by atoms with van der Waals surface area (Å²) in [4.78, 5) is 9.76. The van der Waals surface area contributed by atoms with Crippen molar-refractivity contribution in [3.8, 4) is 0 Å². The number of imidazole rings is 1. The fourth-order valence-electron chi connectivity index (χ4n) is 4.35. The van der Waals surface area contributed by atoms with E-state index in [1.54, 1.807) is 0 Å². The number of aromatic nitrogens is 3. The molecule has 2 aliphatic rings. The highest BCUT2D eigenvalue weighted by atomic mass is 16.3. The second-order valence-electron chi connectivity index (χ2n) is 7.10. The number of aryl methyl sites for hydroxylation is 3. The molecule has 4 rings (SSSR count). The summed E-state index contributed by atoms with van der Waals surface area (Å²) >= 11 is 0. The first-order chi connectivity index (χ1) is 11.6. The van der Waals surface area contributed by atoms with Gasteiger partial charge in [0.05, 0.1) is 11.8 Å². The third kappa shape index (κ3) is 2.36. The van der Waals surface area contributed by atoms with E-state index in [1.165, 1.54) is 16.7 Å². The van der Waals surface area contributed by atoms with Gasteiger partial charge in [-0.1, -0.05) is 6.92 Å². The minimum atomic E-state index is 0.340. The molecule has 126 valence electrons. The van der Waals surface area contributed by atoms with Crippen molar-refractivity contribution in [2.45, 2.75) is 65.3 Å². The normalized spacial score (nSPS) is 21.1. The number of hydrogen-bond donors (Lipinski definition) is 1. The van der Waals surface area contributed by atoms with Gasteiger partial charge in [0.2, 0.25) is 0 Å². The largest absolute Gasteiger partial charge is 0.512 e. The molecule has 0 aromatic carbocycles. The van der Waals surface area contributed by atoms with Crippen molar-refractivity contribution in [1.29, 1.82) is 0 Å². The molecule has 0 saturated carbocycles. The van der Waals surface area contributed by atoms with E-state index in [1.807, 2.05) is 6.08 Å². The Labute approximate surface area is 142 Å². The zero-order valence-corrected chi connectivity index (χ0v) is 14.8. The first kappa shape index (κ1) is 15.4. The van der Waals surface area contributed by atoms with Crippen molar-refractivity contribution < 1.29 is 5.11 Å². The Bertz CT molecular complexity index is 873. The number of fused-ring (bicyclic) bond motifs is 1. The zero-order chi connectivity index (χ0) is 16.8. The molecule has 0 bridgehead atoms. The summed E-state index contributed by atoms with van der Waals surface area (Å²) in [5.74, 6) is 1.66. The predicted molar refractivity (Wildman–Crippen MR) is 96.2 cm³/mol. The highest BCUT2D eigenvalue weighted by molar-refractivity contribution is 5.76. The van der Waals surface area contributed by atoms with E-state index < -0.39 is 0 Å². The predicted octanol–water partition coefficient (Wildman–Crippen LogP) is 4.87. The van der Waals surface area contributed by atoms with Crippen LogP contribution in [0.1, 0.15) is 62.2 Å². The lowest BCUT2D eigenvalue weighted by molar-refractivity contribution is 0.370. The lowest BCUT2D eigenvalue weighted by Crippen LogP contribution is -2.21. The van der Waals surface area contributed by atoms with Gasteiger partial charge in [0, 0.05) is 18.5 Å². The molecule has 0 amide bonds. The summed E-state index contributed by atoms with van der Waals surface area (Å²) in [5.41, 5.74) is 7.14. The van der Waals surface area contributed by atoms with Crippen LogP contribution in [0.15, 0.2) is 29.0 Å². The van der Waals surface area contributed by atoms with Crippen molar-refractivity contribution >= 4 is 11.2 Å². The second-order valence-corrected chi connectivity index (χ2v) is 7.10. The van der Waals surface area contributed by atoms with E-state index in [9.17, 15) is 5.11 Å². The lowest BCUT2D eigenvalue weighted by Gasteiger charge is -2.32. The van der Waals surface area contributed by atoms with Crippen LogP contribution in [0, 0.1) is 13.8 Å². The van der Waals surface area contributed by atoms with Gasteiger partial charge >= 0.3 is 0 Å². The van der Waals surface area contributed by atoms with Gasteiger partial charge in [-0.15, -0.1) is 0 Å². The van der Waals surface area contributed by atoms with E-state index >= 15 is 0 Å². The third-order valence-corrected chi connectivity index (χ3v) is 5.40. The minimum Gasteiger partial charge on any atom is -0.512 e. The molecule has 2 aromatic heterocycles. The summed E-state index contributed by atoms with van der Waals surface area (Å²) in [6, 6.07) is 2.46. The highest BCUT2D eigenvalue weighted by Crippen LogP contribution is 2.42. The van der Waals surface area contributed by atoms with Crippen LogP contribution in [0.2, 0.25) is 0 Å². The van der Waals surface area contributed by atoms with E-state index in [-0.39, 0.29) is 0 Å². The van der Waals surface area contributed by atoms with Crippen LogP contribution in [0.25, 0.3) is 11.2 Å². The molecule has 1 N–H and O–H groups in total. The molecule has 0 saturated heterocycles. The van der Waals surface area contributed by atoms with Crippen LogP contribution in [0.5, 0.6) is 0 Å². The summed E-state index contributed by atoms with van der Waals surface area (Å²) < 4.78 is 2.39. The molecular formula is C20H25N3O. The standard InChI is InChI=1S/C20H25N3O/c1-4-18-22-19-12(2)10-13(3)21-20(19)23(18)17-7-5-6-14-11-15(24)8-9-16(14)17/h10-11,17,24H,4-9H2,1-3H3. The lowest BCUT2D eigenvalue weighted by atomic mass is 9.81. The summed E-state index contributed by atoms with van der Waals surface area (Å²) in [7, 11) is 0. The van der Waals surface area contributed by atoms with Gasteiger partial charge in [0.15, 0.2) is 5.65 Å². The summed E-state index contributed by atoms with van der Waals surface area (Å²) in [5, 5.41) is 9.91. The Morgan fingerprint density at radius 3 is 2.83 bits per heavy atom. The number of rotatable bonds is 2. The van der Waals surface area contributed by atoms with Gasteiger partial charge in [-0.2, -0.15) is 0 Å². The Balaban J connectivity index is 1.94. The number of aliphatic hydroxyl groups excluding tert-OH is 1. The van der Waals surface area contributed by atoms with E-state index in [2.05, 4.69) is 31.4 Å². The number of pyridine rings is 1. The highest BCUT2D eigenvalue weighted by Gasteiger charge is 2.29. The molecule has 0 aliphatic heterocycles. The molecule has 0 radical (unpaired) electrons. The van der Waals surface area contributed by atoms with E-state index in [4.69, 9.17) is 9.97 Å². The van der Waals surface area contributed by atoms with Crippen molar-refractivity contribution in [1.82, 2.24) is 14.5 Å². The Morgan fingerprint density at radius 2 is 2.04 bits per heavy atom.